The van der Waals surface area contributed by atoms with Crippen LogP contribution in [0.3, 0.4) is 0 Å². The molecule has 0 fully saturated rings. The third-order valence-corrected chi connectivity index (χ3v) is 10.7. The molecule has 0 aliphatic carbocycles. The van der Waals surface area contributed by atoms with Gasteiger partial charge >= 0.3 is 0 Å². The van der Waals surface area contributed by atoms with Crippen molar-refractivity contribution in [2.75, 3.05) is 0 Å². The van der Waals surface area contributed by atoms with Crippen molar-refractivity contribution < 1.29 is 0 Å². The summed E-state index contributed by atoms with van der Waals surface area (Å²) in [6.07, 6.45) is 0. The lowest BCUT2D eigenvalue weighted by Gasteiger charge is -2.20. The van der Waals surface area contributed by atoms with Crippen LogP contribution in [0.5, 0.6) is 0 Å². The second kappa shape index (κ2) is 15.4. The molecule has 0 saturated heterocycles. The third kappa shape index (κ3) is 6.71. The van der Waals surface area contributed by atoms with E-state index in [9.17, 15) is 10.5 Å². The summed E-state index contributed by atoms with van der Waals surface area (Å²) in [5, 5.41) is 22.8. The molecule has 10 aromatic rings. The highest BCUT2D eigenvalue weighted by Gasteiger charge is 2.25. The molecule has 61 heavy (non-hydrogen) atoms. The quantitative estimate of drug-likeness (QED) is 0.149. The normalized spacial score (nSPS) is 10.9. The van der Waals surface area contributed by atoms with Crippen molar-refractivity contribution in [3.05, 3.63) is 205 Å². The number of hydrogen-bond donors (Lipinski definition) is 0. The van der Waals surface area contributed by atoms with Crippen LogP contribution in [0, 0.1) is 29.2 Å². The van der Waals surface area contributed by atoms with E-state index in [4.69, 9.17) is 26.5 Å². The molecule has 282 valence electrons. The summed E-state index contributed by atoms with van der Waals surface area (Å²) in [5.74, 6) is 1.02. The fourth-order valence-corrected chi connectivity index (χ4v) is 7.83. The highest BCUT2D eigenvalue weighted by Crippen LogP contribution is 2.44. The Morgan fingerprint density at radius 2 is 0.852 bits per heavy atom. The predicted molar refractivity (Wildman–Crippen MR) is 240 cm³/mol. The van der Waals surface area contributed by atoms with Gasteiger partial charge in [-0.3, -0.25) is 0 Å². The van der Waals surface area contributed by atoms with Gasteiger partial charge < -0.3 is 4.57 Å². The van der Waals surface area contributed by atoms with Gasteiger partial charge in [0.25, 0.3) is 0 Å². The Labute approximate surface area is 351 Å². The van der Waals surface area contributed by atoms with Crippen molar-refractivity contribution in [2.45, 2.75) is 0 Å². The molecule has 7 aromatic carbocycles. The Kier molecular flexibility index (Phi) is 9.16. The zero-order chi connectivity index (χ0) is 41.3. The standard InChI is InChI=1S/C53H30N8/c1-56-40-23-25-42-41-24-22-34(32-54)28-49(41)61(50(42)29-40)51-43(47-30-45(36-14-6-2-7-15-36)57-52(59-47)38-18-10-4-11-19-38)26-35(33-55)27-44(51)48-31-46(37-16-8-3-9-17-37)58-53(60-48)39-20-12-5-13-21-39/h2-31H. The van der Waals surface area contributed by atoms with Gasteiger partial charge in [0, 0.05) is 49.7 Å². The van der Waals surface area contributed by atoms with Crippen LogP contribution in [0.1, 0.15) is 11.1 Å². The monoisotopic (exact) mass is 778 g/mol. The third-order valence-electron chi connectivity index (χ3n) is 10.7. The fraction of sp³-hybridized carbons (Fsp3) is 0. The van der Waals surface area contributed by atoms with Crippen LogP contribution in [0.15, 0.2) is 182 Å². The molecular weight excluding hydrogens is 749 g/mol. The zero-order valence-corrected chi connectivity index (χ0v) is 32.4. The van der Waals surface area contributed by atoms with Crippen molar-refractivity contribution >= 4 is 27.5 Å². The highest BCUT2D eigenvalue weighted by molar-refractivity contribution is 6.11. The van der Waals surface area contributed by atoms with Gasteiger partial charge in [0.05, 0.1) is 63.8 Å². The summed E-state index contributed by atoms with van der Waals surface area (Å²) in [6.45, 7) is 8.02. The van der Waals surface area contributed by atoms with Gasteiger partial charge in [0.1, 0.15) is 0 Å². The first-order valence-corrected chi connectivity index (χ1v) is 19.5. The summed E-state index contributed by atoms with van der Waals surface area (Å²) < 4.78 is 2.09. The van der Waals surface area contributed by atoms with Crippen LogP contribution in [-0.2, 0) is 0 Å². The van der Waals surface area contributed by atoms with Crippen LogP contribution in [0.4, 0.5) is 5.69 Å². The second-order valence-electron chi connectivity index (χ2n) is 14.4. The molecule has 0 aliphatic heterocycles. The molecule has 8 nitrogen and oxygen atoms in total. The molecule has 8 heteroatoms. The van der Waals surface area contributed by atoms with Crippen LogP contribution < -0.4 is 0 Å². The molecule has 0 bridgehead atoms. The van der Waals surface area contributed by atoms with Gasteiger partial charge in [-0.25, -0.2) is 24.8 Å². The van der Waals surface area contributed by atoms with E-state index in [0.717, 1.165) is 44.1 Å². The van der Waals surface area contributed by atoms with Gasteiger partial charge in [-0.2, -0.15) is 10.5 Å². The summed E-state index contributed by atoms with van der Waals surface area (Å²) in [7, 11) is 0. The largest absolute Gasteiger partial charge is 0.309 e. The number of rotatable bonds is 7. The lowest BCUT2D eigenvalue weighted by Crippen LogP contribution is -2.05. The lowest BCUT2D eigenvalue weighted by atomic mass is 9.95. The number of benzene rings is 7. The summed E-state index contributed by atoms with van der Waals surface area (Å²) in [5.41, 5.74) is 10.7. The minimum Gasteiger partial charge on any atom is -0.309 e. The summed E-state index contributed by atoms with van der Waals surface area (Å²) in [4.78, 5) is 24.5. The Morgan fingerprint density at radius 1 is 0.426 bits per heavy atom. The molecule has 0 spiro atoms. The second-order valence-corrected chi connectivity index (χ2v) is 14.4. The molecule has 3 aromatic heterocycles. The van der Waals surface area contributed by atoms with E-state index in [1.54, 1.807) is 6.07 Å². The first-order valence-electron chi connectivity index (χ1n) is 19.5. The SMILES string of the molecule is [C-]#[N+]c1ccc2c3ccc(C#N)cc3n(-c3c(-c4cc(-c5ccccc5)nc(-c5ccccc5)n4)cc(C#N)cc3-c3cc(-c4ccccc4)nc(-c4ccccc4)n3)c2c1. The maximum atomic E-state index is 10.8. The lowest BCUT2D eigenvalue weighted by molar-refractivity contribution is 1.14. The Hall–Kier alpha value is -9.03. The first-order chi connectivity index (χ1) is 30.1. The zero-order valence-electron chi connectivity index (χ0n) is 32.4. The maximum Gasteiger partial charge on any atom is 0.189 e. The average molecular weight is 779 g/mol. The van der Waals surface area contributed by atoms with E-state index in [1.165, 1.54) is 0 Å². The van der Waals surface area contributed by atoms with E-state index in [2.05, 4.69) is 21.6 Å². The minimum atomic E-state index is 0.386. The molecule has 0 N–H and O–H groups in total. The number of fused-ring (bicyclic) bond motifs is 3. The molecule has 3 heterocycles. The molecule has 0 amide bonds. The fourth-order valence-electron chi connectivity index (χ4n) is 7.83. The molecule has 0 unspecified atom stereocenters. The summed E-state index contributed by atoms with van der Waals surface area (Å²) in [6, 6.07) is 63.2. The Balaban J connectivity index is 1.39. The predicted octanol–water partition coefficient (Wildman–Crippen LogP) is 12.7. The van der Waals surface area contributed by atoms with Gasteiger partial charge in [-0.15, -0.1) is 0 Å². The summed E-state index contributed by atoms with van der Waals surface area (Å²) >= 11 is 0. The Bertz CT molecular complexity index is 3100. The van der Waals surface area contributed by atoms with Crippen LogP contribution in [-0.4, -0.2) is 24.5 Å². The van der Waals surface area contributed by atoms with Crippen LogP contribution in [0.2, 0.25) is 0 Å². The molecule has 10 rings (SSSR count). The molecule has 0 saturated carbocycles. The van der Waals surface area contributed by atoms with Gasteiger partial charge in [0.2, 0.25) is 0 Å². The van der Waals surface area contributed by atoms with Crippen molar-refractivity contribution in [3.8, 4) is 85.6 Å². The number of aromatic nitrogens is 5. The molecule has 0 atom stereocenters. The van der Waals surface area contributed by atoms with Gasteiger partial charge in [0.15, 0.2) is 17.3 Å². The highest BCUT2D eigenvalue weighted by atomic mass is 15.0. The maximum absolute atomic E-state index is 10.8. The van der Waals surface area contributed by atoms with E-state index < -0.39 is 0 Å². The first kappa shape index (κ1) is 36.3. The number of nitriles is 2. The van der Waals surface area contributed by atoms with Crippen molar-refractivity contribution in [1.82, 2.24) is 24.5 Å². The van der Waals surface area contributed by atoms with Crippen LogP contribution in [0.25, 0.3) is 100 Å². The van der Waals surface area contributed by atoms with Crippen LogP contribution >= 0.6 is 0 Å². The minimum absolute atomic E-state index is 0.386. The average Bonchev–Trinajstić information content (AvgIpc) is 3.66. The van der Waals surface area contributed by atoms with E-state index in [1.807, 2.05) is 176 Å². The number of hydrogen-bond acceptors (Lipinski definition) is 6. The Morgan fingerprint density at radius 3 is 1.31 bits per heavy atom. The van der Waals surface area contributed by atoms with Crippen molar-refractivity contribution in [2.24, 2.45) is 0 Å². The molecular formula is C53H30N8. The van der Waals surface area contributed by atoms with Gasteiger partial charge in [-0.1, -0.05) is 140 Å². The van der Waals surface area contributed by atoms with Crippen molar-refractivity contribution in [3.63, 3.8) is 0 Å². The van der Waals surface area contributed by atoms with E-state index >= 15 is 0 Å². The van der Waals surface area contributed by atoms with Gasteiger partial charge in [-0.05, 0) is 42.5 Å². The molecule has 0 radical (unpaired) electrons. The molecule has 0 aliphatic rings. The van der Waals surface area contributed by atoms with E-state index in [0.29, 0.717) is 68.1 Å². The van der Waals surface area contributed by atoms with Crippen molar-refractivity contribution in [1.29, 1.82) is 10.5 Å². The topological polar surface area (TPSA) is 108 Å². The van der Waals surface area contributed by atoms with E-state index in [-0.39, 0.29) is 0 Å². The smallest absolute Gasteiger partial charge is 0.189 e. The number of nitrogens with zero attached hydrogens (tertiary/aromatic N) is 8.